The van der Waals surface area contributed by atoms with Gasteiger partial charge in [-0.3, -0.25) is 0 Å². The van der Waals surface area contributed by atoms with E-state index in [0.29, 0.717) is 11.4 Å². The molecule has 0 saturated heterocycles. The summed E-state index contributed by atoms with van der Waals surface area (Å²) in [7, 11) is -1.79. The first kappa shape index (κ1) is 14.8. The SMILES string of the molecule is Cn1ccnc1CCNS(=O)(=O)c1ccc(Cl)cc1N. The third-order valence-corrected chi connectivity index (χ3v) is 4.59. The molecule has 1 heterocycles. The highest BCUT2D eigenvalue weighted by molar-refractivity contribution is 7.89. The van der Waals surface area contributed by atoms with Gasteiger partial charge in [0.1, 0.15) is 10.7 Å². The molecule has 0 fully saturated rings. The van der Waals surface area contributed by atoms with Crippen molar-refractivity contribution in [1.82, 2.24) is 14.3 Å². The van der Waals surface area contributed by atoms with Crippen molar-refractivity contribution in [3.8, 4) is 0 Å². The van der Waals surface area contributed by atoms with Gasteiger partial charge in [-0.1, -0.05) is 11.6 Å². The van der Waals surface area contributed by atoms with Crippen molar-refractivity contribution in [1.29, 1.82) is 0 Å². The van der Waals surface area contributed by atoms with Crippen LogP contribution >= 0.6 is 11.6 Å². The molecule has 2 rings (SSSR count). The van der Waals surface area contributed by atoms with E-state index in [2.05, 4.69) is 9.71 Å². The van der Waals surface area contributed by atoms with Crippen LogP contribution < -0.4 is 10.5 Å². The summed E-state index contributed by atoms with van der Waals surface area (Å²) >= 11 is 5.75. The number of aromatic nitrogens is 2. The van der Waals surface area contributed by atoms with Crippen LogP contribution in [0.5, 0.6) is 0 Å². The molecule has 0 saturated carbocycles. The average molecular weight is 315 g/mol. The second-order valence-electron chi connectivity index (χ2n) is 4.28. The second-order valence-corrected chi connectivity index (χ2v) is 6.46. The molecule has 0 amide bonds. The van der Waals surface area contributed by atoms with Gasteiger partial charge in [0.15, 0.2) is 0 Å². The smallest absolute Gasteiger partial charge is 0.242 e. The third-order valence-electron chi connectivity index (χ3n) is 2.82. The molecule has 8 heteroatoms. The van der Waals surface area contributed by atoms with E-state index in [1.807, 2.05) is 11.6 Å². The Bertz CT molecular complexity index is 712. The number of imidazole rings is 1. The Kier molecular flexibility index (Phi) is 4.32. The van der Waals surface area contributed by atoms with E-state index in [0.717, 1.165) is 5.82 Å². The molecule has 0 aliphatic heterocycles. The average Bonchev–Trinajstić information content (AvgIpc) is 2.74. The predicted octanol–water partition coefficient (Wildman–Crippen LogP) is 1.18. The molecule has 3 N–H and O–H groups in total. The maximum Gasteiger partial charge on any atom is 0.242 e. The zero-order valence-corrected chi connectivity index (χ0v) is 12.4. The summed E-state index contributed by atoms with van der Waals surface area (Å²) < 4.78 is 28.6. The minimum Gasteiger partial charge on any atom is -0.398 e. The topological polar surface area (TPSA) is 90.0 Å². The number of anilines is 1. The lowest BCUT2D eigenvalue weighted by Crippen LogP contribution is -2.27. The molecule has 6 nitrogen and oxygen atoms in total. The molecule has 0 atom stereocenters. The van der Waals surface area contributed by atoms with Crippen LogP contribution in [0.15, 0.2) is 35.5 Å². The molecule has 0 bridgehead atoms. The number of rotatable bonds is 5. The number of nitrogens with zero attached hydrogens (tertiary/aromatic N) is 2. The Morgan fingerprint density at radius 1 is 1.45 bits per heavy atom. The van der Waals surface area contributed by atoms with Crippen LogP contribution in [0.4, 0.5) is 5.69 Å². The fourth-order valence-electron chi connectivity index (χ4n) is 1.78. The number of aryl methyl sites for hydroxylation is 1. The Balaban J connectivity index is 2.06. The van der Waals surface area contributed by atoms with Gasteiger partial charge in [0, 0.05) is 37.4 Å². The van der Waals surface area contributed by atoms with Gasteiger partial charge in [-0.2, -0.15) is 0 Å². The predicted molar refractivity (Wildman–Crippen MR) is 78.0 cm³/mol. The van der Waals surface area contributed by atoms with E-state index in [-0.39, 0.29) is 17.1 Å². The molecule has 0 aliphatic rings. The lowest BCUT2D eigenvalue weighted by Gasteiger charge is -2.09. The van der Waals surface area contributed by atoms with E-state index in [4.69, 9.17) is 17.3 Å². The summed E-state index contributed by atoms with van der Waals surface area (Å²) in [6, 6.07) is 4.29. The number of benzene rings is 1. The van der Waals surface area contributed by atoms with Gasteiger partial charge < -0.3 is 10.3 Å². The lowest BCUT2D eigenvalue weighted by atomic mass is 10.3. The molecule has 0 aliphatic carbocycles. The number of nitrogen functional groups attached to an aromatic ring is 1. The van der Waals surface area contributed by atoms with Gasteiger partial charge in [-0.05, 0) is 18.2 Å². The van der Waals surface area contributed by atoms with E-state index in [9.17, 15) is 8.42 Å². The molecular formula is C12H15ClN4O2S. The fraction of sp³-hybridized carbons (Fsp3) is 0.250. The Morgan fingerprint density at radius 3 is 2.80 bits per heavy atom. The van der Waals surface area contributed by atoms with Crippen LogP contribution in [0.3, 0.4) is 0 Å². The van der Waals surface area contributed by atoms with E-state index < -0.39 is 10.0 Å². The first-order valence-electron chi connectivity index (χ1n) is 5.91. The zero-order valence-electron chi connectivity index (χ0n) is 10.9. The lowest BCUT2D eigenvalue weighted by molar-refractivity contribution is 0.580. The minimum atomic E-state index is -3.64. The third kappa shape index (κ3) is 3.30. The Morgan fingerprint density at radius 2 is 2.20 bits per heavy atom. The number of sulfonamides is 1. The molecule has 0 radical (unpaired) electrons. The largest absolute Gasteiger partial charge is 0.398 e. The summed E-state index contributed by atoms with van der Waals surface area (Å²) in [5.74, 6) is 0.803. The van der Waals surface area contributed by atoms with Gasteiger partial charge in [0.2, 0.25) is 10.0 Å². The van der Waals surface area contributed by atoms with Gasteiger partial charge in [0.05, 0.1) is 5.69 Å². The highest BCUT2D eigenvalue weighted by Gasteiger charge is 2.17. The van der Waals surface area contributed by atoms with Crippen molar-refractivity contribution in [2.45, 2.75) is 11.3 Å². The molecule has 2 aromatic rings. The normalized spacial score (nSPS) is 11.7. The molecule has 20 heavy (non-hydrogen) atoms. The molecule has 1 aromatic heterocycles. The molecule has 108 valence electrons. The zero-order chi connectivity index (χ0) is 14.8. The van der Waals surface area contributed by atoms with Crippen LogP contribution in [0, 0.1) is 0 Å². The molecule has 0 unspecified atom stereocenters. The van der Waals surface area contributed by atoms with E-state index in [1.165, 1.54) is 18.2 Å². The summed E-state index contributed by atoms with van der Waals surface area (Å²) in [5, 5.41) is 0.398. The van der Waals surface area contributed by atoms with Crippen LogP contribution in [0.25, 0.3) is 0 Å². The van der Waals surface area contributed by atoms with Crippen molar-refractivity contribution < 1.29 is 8.42 Å². The maximum absolute atomic E-state index is 12.1. The van der Waals surface area contributed by atoms with Crippen molar-refractivity contribution >= 4 is 27.3 Å². The summed E-state index contributed by atoms with van der Waals surface area (Å²) in [5.41, 5.74) is 5.80. The van der Waals surface area contributed by atoms with Crippen LogP contribution in [0.2, 0.25) is 5.02 Å². The molecule has 0 spiro atoms. The first-order valence-corrected chi connectivity index (χ1v) is 7.77. The van der Waals surface area contributed by atoms with Crippen LogP contribution in [0.1, 0.15) is 5.82 Å². The number of hydrogen-bond donors (Lipinski definition) is 2. The van der Waals surface area contributed by atoms with E-state index in [1.54, 1.807) is 12.4 Å². The number of hydrogen-bond acceptors (Lipinski definition) is 4. The van der Waals surface area contributed by atoms with Crippen molar-refractivity contribution in [3.05, 3.63) is 41.4 Å². The number of halogens is 1. The maximum atomic E-state index is 12.1. The Hall–Kier alpha value is -1.57. The number of nitrogens with two attached hydrogens (primary N) is 1. The van der Waals surface area contributed by atoms with Gasteiger partial charge in [-0.25, -0.2) is 18.1 Å². The van der Waals surface area contributed by atoms with Crippen LogP contribution in [-0.2, 0) is 23.5 Å². The quantitative estimate of drug-likeness (QED) is 0.811. The van der Waals surface area contributed by atoms with Crippen molar-refractivity contribution in [3.63, 3.8) is 0 Å². The fourth-order valence-corrected chi connectivity index (χ4v) is 3.10. The Labute approximate surface area is 122 Å². The number of nitrogens with one attached hydrogen (secondary N) is 1. The van der Waals surface area contributed by atoms with Crippen molar-refractivity contribution in [2.75, 3.05) is 12.3 Å². The van der Waals surface area contributed by atoms with Gasteiger partial charge in [0.25, 0.3) is 0 Å². The summed E-state index contributed by atoms with van der Waals surface area (Å²) in [6.45, 7) is 0.245. The van der Waals surface area contributed by atoms with Gasteiger partial charge in [-0.15, -0.1) is 0 Å². The first-order chi connectivity index (χ1) is 9.40. The molecular weight excluding hydrogens is 300 g/mol. The van der Waals surface area contributed by atoms with E-state index >= 15 is 0 Å². The minimum absolute atomic E-state index is 0.0294. The van der Waals surface area contributed by atoms with Crippen LogP contribution in [-0.4, -0.2) is 24.5 Å². The standard InChI is InChI=1S/C12H15ClN4O2S/c1-17-7-6-15-12(17)4-5-16-20(18,19)11-3-2-9(13)8-10(11)14/h2-3,6-8,16H,4-5,14H2,1H3. The highest BCUT2D eigenvalue weighted by atomic mass is 35.5. The van der Waals surface area contributed by atoms with Gasteiger partial charge >= 0.3 is 0 Å². The highest BCUT2D eigenvalue weighted by Crippen LogP contribution is 2.22. The summed E-state index contributed by atoms with van der Waals surface area (Å²) in [6.07, 6.45) is 3.97. The second kappa shape index (κ2) is 5.82. The van der Waals surface area contributed by atoms with Crippen molar-refractivity contribution in [2.24, 2.45) is 7.05 Å². The monoisotopic (exact) mass is 314 g/mol. The molecule has 1 aromatic carbocycles. The summed E-state index contributed by atoms with van der Waals surface area (Å²) in [4.78, 5) is 4.15.